The summed E-state index contributed by atoms with van der Waals surface area (Å²) in [5.74, 6) is -1.17. The molecule has 0 bridgehead atoms. The van der Waals surface area contributed by atoms with Crippen LogP contribution in [-0.2, 0) is 0 Å². The van der Waals surface area contributed by atoms with Crippen molar-refractivity contribution in [2.75, 3.05) is 6.54 Å². The summed E-state index contributed by atoms with van der Waals surface area (Å²) in [4.78, 5) is 0. The zero-order chi connectivity index (χ0) is 13.7. The fraction of sp³-hybridized carbons (Fsp3) is 0.286. The highest BCUT2D eigenvalue weighted by molar-refractivity contribution is 5.30. The lowest BCUT2D eigenvalue weighted by atomic mass is 10.00. The molecule has 0 aliphatic heterocycles. The van der Waals surface area contributed by atoms with Gasteiger partial charge in [-0.1, -0.05) is 6.92 Å². The molecule has 1 heterocycles. The molecule has 2 rings (SSSR count). The minimum atomic E-state index is -0.583. The van der Waals surface area contributed by atoms with Gasteiger partial charge in [-0.05, 0) is 42.3 Å². The van der Waals surface area contributed by atoms with Crippen molar-refractivity contribution in [3.63, 3.8) is 0 Å². The van der Waals surface area contributed by atoms with Crippen molar-refractivity contribution in [2.24, 2.45) is 0 Å². The molecular weight excluding hydrogens is 248 g/mol. The topological polar surface area (TPSA) is 37.8 Å². The van der Waals surface area contributed by atoms with Crippen LogP contribution in [0.15, 0.2) is 36.7 Å². The van der Waals surface area contributed by atoms with Gasteiger partial charge in [0.25, 0.3) is 0 Å². The Bertz CT molecular complexity index is 511. The van der Waals surface area contributed by atoms with Gasteiger partial charge in [0.1, 0.15) is 11.6 Å². The Kier molecular flexibility index (Phi) is 4.52. The molecule has 0 aliphatic rings. The predicted octanol–water partition coefficient (Wildman–Crippen LogP) is 2.84. The second-order valence-corrected chi connectivity index (χ2v) is 4.27. The van der Waals surface area contributed by atoms with Crippen molar-refractivity contribution in [1.29, 1.82) is 0 Å². The summed E-state index contributed by atoms with van der Waals surface area (Å²) in [7, 11) is 0. The monoisotopic (exact) mass is 263 g/mol. The van der Waals surface area contributed by atoms with Gasteiger partial charge in [-0.2, -0.15) is 10.2 Å². The summed E-state index contributed by atoms with van der Waals surface area (Å²) in [6, 6.07) is 5.02. The SMILES string of the molecule is CCCNC(c1ccnnc1)c1cc(F)cc(F)c1. The van der Waals surface area contributed by atoms with Crippen LogP contribution in [0.25, 0.3) is 0 Å². The van der Waals surface area contributed by atoms with Gasteiger partial charge < -0.3 is 5.32 Å². The van der Waals surface area contributed by atoms with Crippen molar-refractivity contribution in [3.8, 4) is 0 Å². The van der Waals surface area contributed by atoms with Gasteiger partial charge in [0, 0.05) is 12.3 Å². The molecule has 100 valence electrons. The van der Waals surface area contributed by atoms with E-state index in [1.54, 1.807) is 18.5 Å². The Morgan fingerprint density at radius 3 is 2.42 bits per heavy atom. The first-order valence-corrected chi connectivity index (χ1v) is 6.16. The highest BCUT2D eigenvalue weighted by Gasteiger charge is 2.15. The van der Waals surface area contributed by atoms with E-state index in [2.05, 4.69) is 15.5 Å². The van der Waals surface area contributed by atoms with Crippen LogP contribution in [0.4, 0.5) is 8.78 Å². The molecule has 3 nitrogen and oxygen atoms in total. The molecule has 0 saturated heterocycles. The quantitative estimate of drug-likeness (QED) is 0.901. The number of aromatic nitrogens is 2. The summed E-state index contributed by atoms with van der Waals surface area (Å²) >= 11 is 0. The molecule has 19 heavy (non-hydrogen) atoms. The number of hydrogen-bond acceptors (Lipinski definition) is 3. The third-order valence-electron chi connectivity index (χ3n) is 2.76. The van der Waals surface area contributed by atoms with Crippen LogP contribution in [0.3, 0.4) is 0 Å². The van der Waals surface area contributed by atoms with Crippen molar-refractivity contribution in [2.45, 2.75) is 19.4 Å². The molecule has 0 saturated carbocycles. The first-order chi connectivity index (χ1) is 9.20. The Morgan fingerprint density at radius 1 is 1.11 bits per heavy atom. The van der Waals surface area contributed by atoms with Gasteiger partial charge in [0.15, 0.2) is 0 Å². The van der Waals surface area contributed by atoms with E-state index in [1.807, 2.05) is 6.92 Å². The zero-order valence-electron chi connectivity index (χ0n) is 10.6. The van der Waals surface area contributed by atoms with Crippen molar-refractivity contribution in [3.05, 3.63) is 59.4 Å². The maximum Gasteiger partial charge on any atom is 0.126 e. The van der Waals surface area contributed by atoms with E-state index in [1.165, 1.54) is 12.1 Å². The van der Waals surface area contributed by atoms with E-state index in [4.69, 9.17) is 0 Å². The fourth-order valence-electron chi connectivity index (χ4n) is 1.93. The minimum absolute atomic E-state index is 0.291. The standard InChI is InChI=1S/C14H15F2N3/c1-2-4-17-14(10-3-5-18-19-9-10)11-6-12(15)8-13(16)7-11/h3,5-9,14,17H,2,4H2,1H3. The first kappa shape index (κ1) is 13.5. The summed E-state index contributed by atoms with van der Waals surface area (Å²) in [6.07, 6.45) is 4.08. The van der Waals surface area contributed by atoms with Crippen molar-refractivity contribution in [1.82, 2.24) is 15.5 Å². The van der Waals surface area contributed by atoms with Crippen molar-refractivity contribution < 1.29 is 8.78 Å². The number of rotatable bonds is 5. The fourth-order valence-corrected chi connectivity index (χ4v) is 1.93. The molecular formula is C14H15F2N3. The van der Waals surface area contributed by atoms with Crippen molar-refractivity contribution >= 4 is 0 Å². The highest BCUT2D eigenvalue weighted by Crippen LogP contribution is 2.22. The van der Waals surface area contributed by atoms with Gasteiger partial charge in [0.2, 0.25) is 0 Å². The van der Waals surface area contributed by atoms with E-state index < -0.39 is 11.6 Å². The maximum absolute atomic E-state index is 13.3. The second-order valence-electron chi connectivity index (χ2n) is 4.27. The smallest absolute Gasteiger partial charge is 0.126 e. The lowest BCUT2D eigenvalue weighted by molar-refractivity contribution is 0.557. The van der Waals surface area contributed by atoms with Crippen LogP contribution in [0.5, 0.6) is 0 Å². The van der Waals surface area contributed by atoms with Gasteiger partial charge in [0.05, 0.1) is 12.2 Å². The highest BCUT2D eigenvalue weighted by atomic mass is 19.1. The number of hydrogen-bond donors (Lipinski definition) is 1. The lowest BCUT2D eigenvalue weighted by Crippen LogP contribution is -2.23. The average molecular weight is 263 g/mol. The molecule has 2 aromatic rings. The van der Waals surface area contributed by atoms with E-state index >= 15 is 0 Å². The third-order valence-corrected chi connectivity index (χ3v) is 2.76. The summed E-state index contributed by atoms with van der Waals surface area (Å²) in [6.45, 7) is 2.77. The van der Waals surface area contributed by atoms with Gasteiger partial charge >= 0.3 is 0 Å². The van der Waals surface area contributed by atoms with Crippen LogP contribution in [0, 0.1) is 11.6 Å². The molecule has 0 radical (unpaired) electrons. The van der Waals surface area contributed by atoms with Gasteiger partial charge in [-0.3, -0.25) is 0 Å². The largest absolute Gasteiger partial charge is 0.306 e. The van der Waals surface area contributed by atoms with Crippen LogP contribution < -0.4 is 5.32 Å². The second kappa shape index (κ2) is 6.33. The van der Waals surface area contributed by atoms with E-state index in [0.29, 0.717) is 5.56 Å². The molecule has 0 amide bonds. The number of nitrogens with zero attached hydrogens (tertiary/aromatic N) is 2. The number of benzene rings is 1. The first-order valence-electron chi connectivity index (χ1n) is 6.16. The Balaban J connectivity index is 2.36. The van der Waals surface area contributed by atoms with Crippen LogP contribution in [-0.4, -0.2) is 16.7 Å². The van der Waals surface area contributed by atoms with E-state index in [-0.39, 0.29) is 6.04 Å². The number of halogens is 2. The summed E-state index contributed by atoms with van der Waals surface area (Å²) in [5.41, 5.74) is 1.37. The normalized spacial score (nSPS) is 12.4. The van der Waals surface area contributed by atoms with E-state index in [0.717, 1.165) is 24.6 Å². The van der Waals surface area contributed by atoms with Crippen LogP contribution in [0.1, 0.15) is 30.5 Å². The molecule has 1 N–H and O–H groups in total. The molecule has 0 fully saturated rings. The third kappa shape index (κ3) is 3.54. The maximum atomic E-state index is 13.3. The van der Waals surface area contributed by atoms with Crippen LogP contribution >= 0.6 is 0 Å². The van der Waals surface area contributed by atoms with E-state index in [9.17, 15) is 8.78 Å². The Labute approximate surface area is 110 Å². The Hall–Kier alpha value is -1.88. The predicted molar refractivity (Wildman–Crippen MR) is 68.5 cm³/mol. The molecule has 5 heteroatoms. The summed E-state index contributed by atoms with van der Waals surface area (Å²) < 4.78 is 26.7. The minimum Gasteiger partial charge on any atom is -0.306 e. The average Bonchev–Trinajstić information content (AvgIpc) is 2.39. The van der Waals surface area contributed by atoms with Gasteiger partial charge in [-0.15, -0.1) is 0 Å². The Morgan fingerprint density at radius 2 is 1.84 bits per heavy atom. The summed E-state index contributed by atoms with van der Waals surface area (Å²) in [5, 5.41) is 10.8. The molecule has 1 atom stereocenters. The van der Waals surface area contributed by atoms with Gasteiger partial charge in [-0.25, -0.2) is 8.78 Å². The molecule has 0 aliphatic carbocycles. The zero-order valence-corrected chi connectivity index (χ0v) is 10.6. The number of nitrogens with one attached hydrogen (secondary N) is 1. The molecule has 1 unspecified atom stereocenters. The lowest BCUT2D eigenvalue weighted by Gasteiger charge is -2.19. The molecule has 1 aromatic carbocycles. The van der Waals surface area contributed by atoms with Crippen LogP contribution in [0.2, 0.25) is 0 Å². The molecule has 1 aromatic heterocycles. The molecule has 0 spiro atoms.